The molecule has 2 aromatic rings. The van der Waals surface area contributed by atoms with E-state index in [9.17, 15) is 10.1 Å². The van der Waals surface area contributed by atoms with Crippen LogP contribution in [0.3, 0.4) is 0 Å². The fourth-order valence-corrected chi connectivity index (χ4v) is 2.56. The number of aromatic nitrogens is 2. The second kappa shape index (κ2) is 5.67. The molecule has 0 N–H and O–H groups in total. The van der Waals surface area contributed by atoms with Gasteiger partial charge in [-0.25, -0.2) is 9.97 Å². The molecular weight excluding hydrogens is 276 g/mol. The number of hydrogen-bond donors (Lipinski definition) is 0. The van der Waals surface area contributed by atoms with Crippen LogP contribution in [0.5, 0.6) is 0 Å². The van der Waals surface area contributed by atoms with Gasteiger partial charge in [0.1, 0.15) is 11.6 Å². The Morgan fingerprint density at radius 2 is 1.90 bits per heavy atom. The lowest BCUT2D eigenvalue weighted by Crippen LogP contribution is -1.94. The predicted octanol–water partition coefficient (Wildman–Crippen LogP) is 3.02. The SMILES string of the molecule is Cc1cc(C)nc(Sc2ccc(C#N)c([N+](=O)[O-])c2)n1. The molecule has 0 unspecified atom stereocenters. The minimum Gasteiger partial charge on any atom is -0.258 e. The molecule has 0 spiro atoms. The van der Waals surface area contributed by atoms with E-state index in [1.807, 2.05) is 19.9 Å². The zero-order chi connectivity index (χ0) is 14.7. The number of rotatable bonds is 3. The maximum absolute atomic E-state index is 10.9. The quantitative estimate of drug-likeness (QED) is 0.489. The Hall–Kier alpha value is -2.46. The first-order chi connectivity index (χ1) is 9.49. The lowest BCUT2D eigenvalue weighted by atomic mass is 10.2. The van der Waals surface area contributed by atoms with Crippen LogP contribution in [0.1, 0.15) is 17.0 Å². The van der Waals surface area contributed by atoms with E-state index in [2.05, 4.69) is 9.97 Å². The number of hydrogen-bond acceptors (Lipinski definition) is 6. The summed E-state index contributed by atoms with van der Waals surface area (Å²) in [6, 6.07) is 8.11. The zero-order valence-electron chi connectivity index (χ0n) is 10.8. The summed E-state index contributed by atoms with van der Waals surface area (Å²) in [6.07, 6.45) is 0. The molecule has 0 radical (unpaired) electrons. The number of nitrogens with zero attached hydrogens (tertiary/aromatic N) is 4. The summed E-state index contributed by atoms with van der Waals surface area (Å²) < 4.78 is 0. The van der Waals surface area contributed by atoms with Gasteiger partial charge in [0.15, 0.2) is 5.16 Å². The Morgan fingerprint density at radius 1 is 1.25 bits per heavy atom. The van der Waals surface area contributed by atoms with Gasteiger partial charge in [-0.05, 0) is 43.8 Å². The Balaban J connectivity index is 2.37. The van der Waals surface area contributed by atoms with Gasteiger partial charge in [0.05, 0.1) is 4.92 Å². The molecule has 7 heteroatoms. The highest BCUT2D eigenvalue weighted by Crippen LogP contribution is 2.29. The second-order valence-electron chi connectivity index (χ2n) is 4.08. The van der Waals surface area contributed by atoms with Crippen LogP contribution in [0.2, 0.25) is 0 Å². The smallest absolute Gasteiger partial charge is 0.258 e. The van der Waals surface area contributed by atoms with Crippen molar-refractivity contribution in [3.8, 4) is 6.07 Å². The number of benzene rings is 1. The van der Waals surface area contributed by atoms with E-state index in [0.717, 1.165) is 11.4 Å². The van der Waals surface area contributed by atoms with Gasteiger partial charge in [-0.15, -0.1) is 0 Å². The topological polar surface area (TPSA) is 92.7 Å². The molecular formula is C13H10N4O2S. The van der Waals surface area contributed by atoms with Crippen LogP contribution >= 0.6 is 11.8 Å². The summed E-state index contributed by atoms with van der Waals surface area (Å²) in [6.45, 7) is 3.72. The molecule has 2 rings (SSSR count). The molecule has 0 aliphatic carbocycles. The number of aryl methyl sites for hydroxylation is 2. The minimum atomic E-state index is -0.565. The molecule has 0 aliphatic rings. The molecule has 0 atom stereocenters. The van der Waals surface area contributed by atoms with Crippen LogP contribution in [0.4, 0.5) is 5.69 Å². The van der Waals surface area contributed by atoms with Crippen LogP contribution < -0.4 is 0 Å². The summed E-state index contributed by atoms with van der Waals surface area (Å²) in [4.78, 5) is 19.5. The Bertz CT molecular complexity index is 705. The molecule has 6 nitrogen and oxygen atoms in total. The van der Waals surface area contributed by atoms with E-state index in [-0.39, 0.29) is 11.3 Å². The number of nitriles is 1. The van der Waals surface area contributed by atoms with E-state index < -0.39 is 4.92 Å². The summed E-state index contributed by atoms with van der Waals surface area (Å²) in [5, 5.41) is 20.3. The van der Waals surface area contributed by atoms with Gasteiger partial charge in [0, 0.05) is 22.3 Å². The van der Waals surface area contributed by atoms with Gasteiger partial charge in [-0.3, -0.25) is 10.1 Å². The van der Waals surface area contributed by atoms with Gasteiger partial charge in [-0.1, -0.05) is 0 Å². The average Bonchev–Trinajstić information content (AvgIpc) is 2.37. The molecule has 1 aromatic heterocycles. The highest BCUT2D eigenvalue weighted by molar-refractivity contribution is 7.99. The second-order valence-corrected chi connectivity index (χ2v) is 5.12. The molecule has 0 fully saturated rings. The largest absolute Gasteiger partial charge is 0.288 e. The lowest BCUT2D eigenvalue weighted by Gasteiger charge is -2.03. The van der Waals surface area contributed by atoms with Gasteiger partial charge in [-0.2, -0.15) is 5.26 Å². The predicted molar refractivity (Wildman–Crippen MR) is 73.4 cm³/mol. The van der Waals surface area contributed by atoms with Crippen molar-refractivity contribution in [2.75, 3.05) is 0 Å². The van der Waals surface area contributed by atoms with E-state index in [0.29, 0.717) is 10.1 Å². The number of nitro benzene ring substituents is 1. The van der Waals surface area contributed by atoms with Crippen molar-refractivity contribution >= 4 is 17.4 Å². The molecule has 20 heavy (non-hydrogen) atoms. The summed E-state index contributed by atoms with van der Waals surface area (Å²) in [7, 11) is 0. The highest BCUT2D eigenvalue weighted by Gasteiger charge is 2.15. The summed E-state index contributed by atoms with van der Waals surface area (Å²) in [5.41, 5.74) is 1.51. The van der Waals surface area contributed by atoms with E-state index in [1.165, 1.54) is 23.9 Å². The average molecular weight is 286 g/mol. The first-order valence-corrected chi connectivity index (χ1v) is 6.50. The third-order valence-electron chi connectivity index (χ3n) is 2.46. The van der Waals surface area contributed by atoms with Crippen molar-refractivity contribution < 1.29 is 4.92 Å². The molecule has 1 heterocycles. The normalized spacial score (nSPS) is 10.1. The van der Waals surface area contributed by atoms with E-state index >= 15 is 0 Å². The van der Waals surface area contributed by atoms with Crippen LogP contribution in [-0.2, 0) is 0 Å². The standard InChI is InChI=1S/C13H10N4O2S/c1-8-5-9(2)16-13(15-8)20-11-4-3-10(7-14)12(6-11)17(18)19/h3-6H,1-2H3. The third kappa shape index (κ3) is 3.10. The van der Waals surface area contributed by atoms with Crippen molar-refractivity contribution in [1.29, 1.82) is 5.26 Å². The van der Waals surface area contributed by atoms with E-state index in [1.54, 1.807) is 12.1 Å². The van der Waals surface area contributed by atoms with E-state index in [4.69, 9.17) is 5.26 Å². The molecule has 0 bridgehead atoms. The monoisotopic (exact) mass is 286 g/mol. The van der Waals surface area contributed by atoms with Gasteiger partial charge < -0.3 is 0 Å². The fraction of sp³-hybridized carbons (Fsp3) is 0.154. The van der Waals surface area contributed by atoms with Crippen molar-refractivity contribution in [3.05, 3.63) is 51.3 Å². The van der Waals surface area contributed by atoms with Crippen molar-refractivity contribution in [2.24, 2.45) is 0 Å². The van der Waals surface area contributed by atoms with Gasteiger partial charge in [0.2, 0.25) is 0 Å². The first kappa shape index (κ1) is 14.0. The third-order valence-corrected chi connectivity index (χ3v) is 3.31. The molecule has 1 aromatic carbocycles. The van der Waals surface area contributed by atoms with Crippen LogP contribution in [-0.4, -0.2) is 14.9 Å². The first-order valence-electron chi connectivity index (χ1n) is 5.68. The van der Waals surface area contributed by atoms with Crippen molar-refractivity contribution in [1.82, 2.24) is 9.97 Å². The summed E-state index contributed by atoms with van der Waals surface area (Å²) >= 11 is 1.23. The van der Waals surface area contributed by atoms with Crippen molar-refractivity contribution in [2.45, 2.75) is 23.9 Å². The maximum atomic E-state index is 10.9. The highest BCUT2D eigenvalue weighted by atomic mass is 32.2. The van der Waals surface area contributed by atoms with Crippen molar-refractivity contribution in [3.63, 3.8) is 0 Å². The Labute approximate surface area is 119 Å². The lowest BCUT2D eigenvalue weighted by molar-refractivity contribution is -0.385. The molecule has 0 saturated carbocycles. The van der Waals surface area contributed by atoms with Gasteiger partial charge in [0.25, 0.3) is 5.69 Å². The maximum Gasteiger partial charge on any atom is 0.288 e. The van der Waals surface area contributed by atoms with Crippen LogP contribution in [0.25, 0.3) is 0 Å². The number of nitro groups is 1. The van der Waals surface area contributed by atoms with Crippen LogP contribution in [0, 0.1) is 35.3 Å². The minimum absolute atomic E-state index is 0.0423. The zero-order valence-corrected chi connectivity index (χ0v) is 11.6. The molecule has 0 saturated heterocycles. The van der Waals surface area contributed by atoms with Gasteiger partial charge >= 0.3 is 0 Å². The Kier molecular flexibility index (Phi) is 3.96. The van der Waals surface area contributed by atoms with Crippen LogP contribution in [0.15, 0.2) is 34.3 Å². The molecule has 0 amide bonds. The summed E-state index contributed by atoms with van der Waals surface area (Å²) in [5.74, 6) is 0. The molecule has 100 valence electrons. The fourth-order valence-electron chi connectivity index (χ4n) is 1.67. The molecule has 0 aliphatic heterocycles. The Morgan fingerprint density at radius 3 is 2.45 bits per heavy atom.